The zero-order valence-corrected chi connectivity index (χ0v) is 12.0. The normalized spacial score (nSPS) is 10.0. The molecule has 1 aromatic rings. The number of hydrogen-bond acceptors (Lipinski definition) is 6. The van der Waals surface area contributed by atoms with Crippen molar-refractivity contribution in [3.63, 3.8) is 0 Å². The van der Waals surface area contributed by atoms with Gasteiger partial charge >= 0.3 is 5.97 Å². The van der Waals surface area contributed by atoms with Gasteiger partial charge in [-0.25, -0.2) is 4.79 Å². The predicted molar refractivity (Wildman–Crippen MR) is 75.7 cm³/mol. The highest BCUT2D eigenvalue weighted by Gasteiger charge is 2.14. The van der Waals surface area contributed by atoms with Gasteiger partial charge in [-0.2, -0.15) is 5.48 Å². The number of carboxylic acid groups (broad SMARTS) is 1. The summed E-state index contributed by atoms with van der Waals surface area (Å²) in [5.74, 6) is 0.298. The molecule has 7 heteroatoms. The highest BCUT2D eigenvalue weighted by atomic mass is 16.6. The monoisotopic (exact) mass is 297 g/mol. The van der Waals surface area contributed by atoms with Gasteiger partial charge in [-0.05, 0) is 0 Å². The second kappa shape index (κ2) is 8.83. The number of benzene rings is 1. The summed E-state index contributed by atoms with van der Waals surface area (Å²) >= 11 is 0. The number of ether oxygens (including phenoxy) is 3. The van der Waals surface area contributed by atoms with E-state index in [2.05, 4.69) is 12.1 Å². The van der Waals surface area contributed by atoms with Gasteiger partial charge in [-0.3, -0.25) is 4.84 Å². The first-order valence-electron chi connectivity index (χ1n) is 6.17. The van der Waals surface area contributed by atoms with Crippen molar-refractivity contribution in [3.05, 3.63) is 30.4 Å². The molecule has 0 fully saturated rings. The molecule has 0 radical (unpaired) electrons. The van der Waals surface area contributed by atoms with Crippen molar-refractivity contribution in [2.45, 2.75) is 6.54 Å². The van der Waals surface area contributed by atoms with Gasteiger partial charge in [0.2, 0.25) is 0 Å². The summed E-state index contributed by atoms with van der Waals surface area (Å²) in [6, 6.07) is 3.19. The molecule has 7 nitrogen and oxygen atoms in total. The molecular formula is C14H19NO6. The molecule has 0 aromatic heterocycles. The Morgan fingerprint density at radius 3 is 2.43 bits per heavy atom. The Morgan fingerprint density at radius 1 is 1.33 bits per heavy atom. The van der Waals surface area contributed by atoms with Crippen LogP contribution in [0.5, 0.6) is 17.2 Å². The van der Waals surface area contributed by atoms with Crippen LogP contribution < -0.4 is 19.7 Å². The molecule has 0 bridgehead atoms. The fourth-order valence-electron chi connectivity index (χ4n) is 1.60. The first-order valence-corrected chi connectivity index (χ1v) is 6.17. The van der Waals surface area contributed by atoms with Crippen LogP contribution >= 0.6 is 0 Å². The maximum Gasteiger partial charge on any atom is 0.341 e. The van der Waals surface area contributed by atoms with E-state index in [0.717, 1.165) is 5.56 Å². The smallest absolute Gasteiger partial charge is 0.341 e. The first-order chi connectivity index (χ1) is 10.1. The average molecular weight is 297 g/mol. The van der Waals surface area contributed by atoms with Gasteiger partial charge in [0.05, 0.1) is 32.9 Å². The number of methoxy groups -OCH3 is 2. The van der Waals surface area contributed by atoms with E-state index in [1.165, 1.54) is 14.2 Å². The molecule has 2 N–H and O–H groups in total. The third-order valence-electron chi connectivity index (χ3n) is 2.50. The van der Waals surface area contributed by atoms with E-state index in [-0.39, 0.29) is 0 Å². The van der Waals surface area contributed by atoms with Crippen molar-refractivity contribution in [1.29, 1.82) is 0 Å². The third kappa shape index (κ3) is 5.33. The van der Waals surface area contributed by atoms with Crippen LogP contribution in [0.15, 0.2) is 24.8 Å². The van der Waals surface area contributed by atoms with Crippen molar-refractivity contribution >= 4 is 5.97 Å². The van der Waals surface area contributed by atoms with Crippen LogP contribution in [0.2, 0.25) is 0 Å². The van der Waals surface area contributed by atoms with Crippen molar-refractivity contribution in [1.82, 2.24) is 5.48 Å². The van der Waals surface area contributed by atoms with Crippen LogP contribution in [-0.2, 0) is 16.2 Å². The second-order valence-corrected chi connectivity index (χ2v) is 3.91. The number of hydrogen-bond donors (Lipinski definition) is 2. The molecule has 116 valence electrons. The topological polar surface area (TPSA) is 86.2 Å². The maximum atomic E-state index is 10.5. The fraction of sp³-hybridized carbons (Fsp3) is 0.357. The summed E-state index contributed by atoms with van der Waals surface area (Å²) in [4.78, 5) is 15.6. The average Bonchev–Trinajstić information content (AvgIpc) is 2.49. The van der Waals surface area contributed by atoms with Gasteiger partial charge in [0, 0.05) is 12.1 Å². The number of rotatable bonds is 10. The molecule has 1 rings (SSSR count). The molecular weight excluding hydrogens is 278 g/mol. The third-order valence-corrected chi connectivity index (χ3v) is 2.50. The fourth-order valence-corrected chi connectivity index (χ4v) is 1.60. The Kier molecular flexibility index (Phi) is 7.06. The quantitative estimate of drug-likeness (QED) is 0.383. The molecule has 0 atom stereocenters. The molecule has 21 heavy (non-hydrogen) atoms. The molecule has 0 amide bonds. The Hall–Kier alpha value is -2.25. The van der Waals surface area contributed by atoms with E-state index in [4.69, 9.17) is 24.2 Å². The number of aliphatic carboxylic acids is 1. The largest absolute Gasteiger partial charge is 0.496 e. The summed E-state index contributed by atoms with van der Waals surface area (Å²) in [6.07, 6.45) is 1.62. The van der Waals surface area contributed by atoms with E-state index in [1.54, 1.807) is 18.2 Å². The maximum absolute atomic E-state index is 10.5. The van der Waals surface area contributed by atoms with Crippen LogP contribution in [0.3, 0.4) is 0 Å². The molecule has 0 aliphatic carbocycles. The van der Waals surface area contributed by atoms with Gasteiger partial charge in [0.25, 0.3) is 0 Å². The number of carboxylic acids is 1. The summed E-state index contributed by atoms with van der Waals surface area (Å²) < 4.78 is 15.7. The van der Waals surface area contributed by atoms with E-state index in [1.807, 2.05) is 0 Å². The van der Waals surface area contributed by atoms with Crippen molar-refractivity contribution in [2.24, 2.45) is 0 Å². The lowest BCUT2D eigenvalue weighted by molar-refractivity contribution is -0.139. The van der Waals surface area contributed by atoms with Crippen LogP contribution in [0.25, 0.3) is 0 Å². The highest BCUT2D eigenvalue weighted by Crippen LogP contribution is 2.34. The number of hydroxylamine groups is 1. The first kappa shape index (κ1) is 16.8. The zero-order valence-electron chi connectivity index (χ0n) is 12.0. The molecule has 0 aliphatic rings. The van der Waals surface area contributed by atoms with Gasteiger partial charge in [0.15, 0.2) is 6.61 Å². The summed E-state index contributed by atoms with van der Waals surface area (Å²) in [5.41, 5.74) is 3.48. The molecule has 0 unspecified atom stereocenters. The number of nitrogens with one attached hydrogen (secondary N) is 1. The van der Waals surface area contributed by atoms with E-state index in [0.29, 0.717) is 30.4 Å². The van der Waals surface area contributed by atoms with Gasteiger partial charge in [-0.15, -0.1) is 6.58 Å². The molecule has 0 saturated carbocycles. The SMILES string of the molecule is C=CCONCc1c(OC)cc(OCC(=O)O)cc1OC. The molecule has 0 spiro atoms. The Balaban J connectivity index is 2.89. The molecule has 0 heterocycles. The predicted octanol–water partition coefficient (Wildman–Crippen LogP) is 1.37. The Labute approximate surface area is 123 Å². The van der Waals surface area contributed by atoms with Crippen molar-refractivity contribution < 1.29 is 28.9 Å². The van der Waals surface area contributed by atoms with Crippen LogP contribution in [0.4, 0.5) is 0 Å². The highest BCUT2D eigenvalue weighted by molar-refractivity contribution is 5.68. The molecule has 1 aromatic carbocycles. The van der Waals surface area contributed by atoms with Crippen molar-refractivity contribution in [2.75, 3.05) is 27.4 Å². The summed E-state index contributed by atoms with van der Waals surface area (Å²) in [7, 11) is 3.01. The van der Waals surface area contributed by atoms with Crippen LogP contribution in [0.1, 0.15) is 5.56 Å². The second-order valence-electron chi connectivity index (χ2n) is 3.91. The van der Waals surface area contributed by atoms with Gasteiger partial charge in [-0.1, -0.05) is 6.08 Å². The van der Waals surface area contributed by atoms with Crippen molar-refractivity contribution in [3.8, 4) is 17.2 Å². The van der Waals surface area contributed by atoms with E-state index >= 15 is 0 Å². The minimum atomic E-state index is -1.06. The van der Waals surface area contributed by atoms with Gasteiger partial charge in [0.1, 0.15) is 17.2 Å². The molecule has 0 saturated heterocycles. The lowest BCUT2D eigenvalue weighted by atomic mass is 10.1. The standard InChI is InChI=1S/C14H19NO6/c1-4-5-21-15-8-11-12(18-2)6-10(7-13(11)19-3)20-9-14(16)17/h4,6-7,15H,1,5,8-9H2,2-3H3,(H,16,17). The Morgan fingerprint density at radius 2 is 1.95 bits per heavy atom. The van der Waals surface area contributed by atoms with Crippen LogP contribution in [-0.4, -0.2) is 38.5 Å². The lowest BCUT2D eigenvalue weighted by Crippen LogP contribution is -2.16. The van der Waals surface area contributed by atoms with E-state index < -0.39 is 12.6 Å². The Bertz CT molecular complexity index is 463. The minimum absolute atomic E-state index is 0.347. The minimum Gasteiger partial charge on any atom is -0.496 e. The van der Waals surface area contributed by atoms with Gasteiger partial charge < -0.3 is 19.3 Å². The summed E-state index contributed by atoms with van der Waals surface area (Å²) in [5, 5.41) is 8.63. The van der Waals surface area contributed by atoms with Crippen LogP contribution in [0, 0.1) is 0 Å². The zero-order chi connectivity index (χ0) is 15.7. The lowest BCUT2D eigenvalue weighted by Gasteiger charge is -2.15. The van der Waals surface area contributed by atoms with E-state index in [9.17, 15) is 4.79 Å². The molecule has 0 aliphatic heterocycles. The summed E-state index contributed by atoms with van der Waals surface area (Å²) in [6.45, 7) is 3.81. The number of carbonyl (C=O) groups is 1.